The maximum Gasteiger partial charge on any atom is 0.295 e. The number of hydrogen-bond donors (Lipinski definition) is 2. The molecule has 9 nitrogen and oxygen atoms in total. The minimum absolute atomic E-state index is 0.0399. The van der Waals surface area contributed by atoms with Crippen LogP contribution in [0.2, 0.25) is 0 Å². The van der Waals surface area contributed by atoms with E-state index >= 15 is 0 Å². The van der Waals surface area contributed by atoms with Crippen LogP contribution in [0.3, 0.4) is 0 Å². The van der Waals surface area contributed by atoms with E-state index in [-0.39, 0.29) is 17.1 Å². The topological polar surface area (TPSA) is 134 Å². The Kier molecular flexibility index (Phi) is 5.91. The van der Waals surface area contributed by atoms with E-state index in [4.69, 9.17) is 4.74 Å². The zero-order valence-corrected chi connectivity index (χ0v) is 14.3. The highest BCUT2D eigenvalue weighted by atomic mass is 19.1. The van der Waals surface area contributed by atoms with Gasteiger partial charge in [-0.05, 0) is 37.3 Å². The van der Waals surface area contributed by atoms with Crippen LogP contribution < -0.4 is 20.5 Å². The van der Waals surface area contributed by atoms with E-state index < -0.39 is 34.4 Å². The molecule has 0 spiro atoms. The van der Waals surface area contributed by atoms with Crippen LogP contribution in [0.15, 0.2) is 36.4 Å². The molecule has 2 rings (SSSR count). The molecule has 1 amide bonds. The molecule has 0 saturated carbocycles. The molecule has 0 aliphatic heterocycles. The maximum absolute atomic E-state index is 13.9. The molecule has 1 unspecified atom stereocenters. The lowest BCUT2D eigenvalue weighted by atomic mass is 10.2. The molecule has 10 heteroatoms. The number of carbonyl (C=O) groups is 2. The van der Waals surface area contributed by atoms with Gasteiger partial charge in [-0.3, -0.25) is 14.9 Å². The number of hydrogen-bond acceptors (Lipinski definition) is 7. The largest absolute Gasteiger partial charge is 0.546 e. The van der Waals surface area contributed by atoms with E-state index in [1.54, 1.807) is 0 Å². The SMILES string of the molecule is CC(=O)Nc1cc(Nc2ccc(OC(C)C(=O)[O-])cc2)c([N+](=O)[O-])cc1F. The number of benzene rings is 2. The van der Waals surface area contributed by atoms with E-state index in [0.717, 1.165) is 6.07 Å². The van der Waals surface area contributed by atoms with Crippen molar-refractivity contribution in [3.8, 4) is 5.75 Å². The number of ether oxygens (including phenoxy) is 1. The molecule has 2 aromatic carbocycles. The third-order valence-electron chi connectivity index (χ3n) is 3.37. The molecule has 2 N–H and O–H groups in total. The fourth-order valence-electron chi connectivity index (χ4n) is 2.12. The summed E-state index contributed by atoms with van der Waals surface area (Å²) in [6, 6.07) is 7.69. The second-order valence-electron chi connectivity index (χ2n) is 5.52. The number of aliphatic carboxylic acids is 1. The summed E-state index contributed by atoms with van der Waals surface area (Å²) in [5.41, 5.74) is -0.375. The summed E-state index contributed by atoms with van der Waals surface area (Å²) in [7, 11) is 0. The summed E-state index contributed by atoms with van der Waals surface area (Å²) >= 11 is 0. The number of nitrogens with one attached hydrogen (secondary N) is 2. The zero-order chi connectivity index (χ0) is 20.1. The molecule has 2 aromatic rings. The van der Waals surface area contributed by atoms with Gasteiger partial charge in [0.05, 0.1) is 22.6 Å². The molecule has 142 valence electrons. The Morgan fingerprint density at radius 3 is 2.33 bits per heavy atom. The van der Waals surface area contributed by atoms with Crippen LogP contribution >= 0.6 is 0 Å². The quantitative estimate of drug-likeness (QED) is 0.557. The number of nitro benzene ring substituents is 1. The molecule has 0 heterocycles. The Balaban J connectivity index is 2.28. The number of carbonyl (C=O) groups excluding carboxylic acids is 2. The molecule has 0 aliphatic rings. The molecular formula is C17H15FN3O6-. The Morgan fingerprint density at radius 2 is 1.81 bits per heavy atom. The van der Waals surface area contributed by atoms with Gasteiger partial charge in [-0.15, -0.1) is 0 Å². The normalized spacial score (nSPS) is 11.4. The monoisotopic (exact) mass is 376 g/mol. The second-order valence-corrected chi connectivity index (χ2v) is 5.52. The minimum atomic E-state index is -1.37. The van der Waals surface area contributed by atoms with E-state index in [1.165, 1.54) is 38.1 Å². The Hall–Kier alpha value is -3.69. The molecule has 0 aliphatic carbocycles. The highest BCUT2D eigenvalue weighted by molar-refractivity contribution is 5.90. The van der Waals surface area contributed by atoms with Crippen molar-refractivity contribution in [3.63, 3.8) is 0 Å². The van der Waals surface area contributed by atoms with Gasteiger partial charge in [0.2, 0.25) is 5.91 Å². The second kappa shape index (κ2) is 8.13. The zero-order valence-electron chi connectivity index (χ0n) is 14.3. The van der Waals surface area contributed by atoms with Crippen molar-refractivity contribution >= 4 is 34.6 Å². The van der Waals surface area contributed by atoms with Gasteiger partial charge < -0.3 is 25.3 Å². The van der Waals surface area contributed by atoms with Crippen molar-refractivity contribution in [3.05, 3.63) is 52.3 Å². The number of carboxylic acids is 1. The average molecular weight is 376 g/mol. The molecule has 1 atom stereocenters. The van der Waals surface area contributed by atoms with Gasteiger partial charge in [0.1, 0.15) is 17.5 Å². The van der Waals surface area contributed by atoms with Gasteiger partial charge in [-0.2, -0.15) is 0 Å². The predicted octanol–water partition coefficient (Wildman–Crippen LogP) is 1.95. The van der Waals surface area contributed by atoms with Crippen LogP contribution in [0, 0.1) is 15.9 Å². The predicted molar refractivity (Wildman–Crippen MR) is 92.2 cm³/mol. The molecule has 0 aromatic heterocycles. The Bertz CT molecular complexity index is 885. The molecule has 0 radical (unpaired) electrons. The first-order valence-electron chi connectivity index (χ1n) is 7.67. The third kappa shape index (κ3) is 5.14. The van der Waals surface area contributed by atoms with Crippen LogP contribution in [0.1, 0.15) is 13.8 Å². The fraction of sp³-hybridized carbons (Fsp3) is 0.176. The smallest absolute Gasteiger partial charge is 0.295 e. The van der Waals surface area contributed by atoms with Gasteiger partial charge in [0, 0.05) is 12.6 Å². The highest BCUT2D eigenvalue weighted by Crippen LogP contribution is 2.33. The Labute approximate surface area is 152 Å². The standard InChI is InChI=1S/C17H16FN3O6/c1-9(17(23)24)27-12-5-3-11(4-6-12)20-15-8-14(19-10(2)22)13(18)7-16(15)21(25)26/h3-9,20H,1-2H3,(H,19,22)(H,23,24)/p-1. The van der Waals surface area contributed by atoms with Crippen LogP contribution in [0.5, 0.6) is 5.75 Å². The summed E-state index contributed by atoms with van der Waals surface area (Å²) in [5.74, 6) is -2.59. The molecule has 0 bridgehead atoms. The van der Waals surface area contributed by atoms with E-state index in [0.29, 0.717) is 11.8 Å². The summed E-state index contributed by atoms with van der Waals surface area (Å²) in [4.78, 5) is 32.2. The number of rotatable bonds is 7. The number of nitro groups is 1. The van der Waals surface area contributed by atoms with Gasteiger partial charge in [-0.1, -0.05) is 0 Å². The van der Waals surface area contributed by atoms with Gasteiger partial charge >= 0.3 is 0 Å². The van der Waals surface area contributed by atoms with Crippen molar-refractivity contribution in [2.45, 2.75) is 20.0 Å². The first-order chi connectivity index (χ1) is 12.7. The lowest BCUT2D eigenvalue weighted by molar-refractivity contribution is -0.384. The van der Waals surface area contributed by atoms with Gasteiger partial charge in [0.25, 0.3) is 5.69 Å². The third-order valence-corrected chi connectivity index (χ3v) is 3.37. The fourth-order valence-corrected chi connectivity index (χ4v) is 2.12. The molecular weight excluding hydrogens is 361 g/mol. The summed E-state index contributed by atoms with van der Waals surface area (Å²) in [6.07, 6.45) is -1.15. The van der Waals surface area contributed by atoms with Crippen molar-refractivity contribution in [1.29, 1.82) is 0 Å². The molecule has 27 heavy (non-hydrogen) atoms. The van der Waals surface area contributed by atoms with Crippen LogP contribution in [-0.4, -0.2) is 22.9 Å². The summed E-state index contributed by atoms with van der Waals surface area (Å²) in [5, 5.41) is 26.8. The maximum atomic E-state index is 13.9. The van der Waals surface area contributed by atoms with Crippen molar-refractivity contribution in [1.82, 2.24) is 0 Å². The van der Waals surface area contributed by atoms with Crippen LogP contribution in [0.25, 0.3) is 0 Å². The first kappa shape index (κ1) is 19.6. The lowest BCUT2D eigenvalue weighted by Crippen LogP contribution is -2.37. The lowest BCUT2D eigenvalue weighted by Gasteiger charge is -2.16. The first-order valence-corrected chi connectivity index (χ1v) is 7.67. The minimum Gasteiger partial charge on any atom is -0.546 e. The summed E-state index contributed by atoms with van der Waals surface area (Å²) < 4.78 is 19.0. The van der Waals surface area contributed by atoms with Crippen LogP contribution in [0.4, 0.5) is 27.1 Å². The van der Waals surface area contributed by atoms with E-state index in [9.17, 15) is 29.2 Å². The number of amides is 1. The van der Waals surface area contributed by atoms with Crippen molar-refractivity contribution in [2.24, 2.45) is 0 Å². The number of anilines is 3. The van der Waals surface area contributed by atoms with Crippen molar-refractivity contribution in [2.75, 3.05) is 10.6 Å². The number of halogens is 1. The molecule has 0 fully saturated rings. The van der Waals surface area contributed by atoms with Gasteiger partial charge in [-0.25, -0.2) is 4.39 Å². The number of carboxylic acid groups (broad SMARTS) is 1. The summed E-state index contributed by atoms with van der Waals surface area (Å²) in [6.45, 7) is 2.49. The number of nitrogens with zero attached hydrogens (tertiary/aromatic N) is 1. The van der Waals surface area contributed by atoms with E-state index in [1.807, 2.05) is 0 Å². The molecule has 0 saturated heterocycles. The van der Waals surface area contributed by atoms with E-state index in [2.05, 4.69) is 10.6 Å². The highest BCUT2D eigenvalue weighted by Gasteiger charge is 2.19. The Morgan fingerprint density at radius 1 is 1.19 bits per heavy atom. The van der Waals surface area contributed by atoms with Crippen molar-refractivity contribution < 1.29 is 28.7 Å². The average Bonchev–Trinajstić information content (AvgIpc) is 2.58. The van der Waals surface area contributed by atoms with Gasteiger partial charge in [0.15, 0.2) is 5.82 Å². The van der Waals surface area contributed by atoms with Crippen LogP contribution in [-0.2, 0) is 9.59 Å².